The number of likely N-dealkylation sites (tertiary alicyclic amines) is 1. The predicted molar refractivity (Wildman–Crippen MR) is 91.2 cm³/mol. The van der Waals surface area contributed by atoms with Gasteiger partial charge in [-0.3, -0.25) is 4.90 Å². The minimum absolute atomic E-state index is 0.0855. The van der Waals surface area contributed by atoms with Gasteiger partial charge in [-0.25, -0.2) is 0 Å². The summed E-state index contributed by atoms with van der Waals surface area (Å²) < 4.78 is 10.7. The van der Waals surface area contributed by atoms with Crippen molar-refractivity contribution in [2.24, 2.45) is 5.92 Å². The molecule has 4 heteroatoms. The van der Waals surface area contributed by atoms with E-state index < -0.39 is 0 Å². The lowest BCUT2D eigenvalue weighted by atomic mass is 9.76. The SMILES string of the molecule is COc1ccc(CCN2CCC(O)C3CCCCC32)cc1OC. The second-order valence-corrected chi connectivity index (χ2v) is 6.85. The number of benzene rings is 1. The van der Waals surface area contributed by atoms with Gasteiger partial charge in [0.1, 0.15) is 0 Å². The van der Waals surface area contributed by atoms with Crippen LogP contribution in [0, 0.1) is 5.92 Å². The Morgan fingerprint density at radius 1 is 1.09 bits per heavy atom. The number of hydrogen-bond acceptors (Lipinski definition) is 4. The van der Waals surface area contributed by atoms with Gasteiger partial charge in [0.25, 0.3) is 0 Å². The van der Waals surface area contributed by atoms with E-state index in [4.69, 9.17) is 9.47 Å². The van der Waals surface area contributed by atoms with Gasteiger partial charge in [0, 0.05) is 25.0 Å². The third-order valence-corrected chi connectivity index (χ3v) is 5.59. The molecule has 2 aliphatic rings. The first-order chi connectivity index (χ1) is 11.2. The van der Waals surface area contributed by atoms with Crippen LogP contribution in [0.4, 0.5) is 0 Å². The van der Waals surface area contributed by atoms with E-state index in [2.05, 4.69) is 17.0 Å². The van der Waals surface area contributed by atoms with Crippen LogP contribution in [0.1, 0.15) is 37.7 Å². The van der Waals surface area contributed by atoms with Crippen LogP contribution < -0.4 is 9.47 Å². The summed E-state index contributed by atoms with van der Waals surface area (Å²) in [5.41, 5.74) is 1.28. The molecule has 23 heavy (non-hydrogen) atoms. The van der Waals surface area contributed by atoms with Crippen molar-refractivity contribution in [2.75, 3.05) is 27.3 Å². The van der Waals surface area contributed by atoms with E-state index >= 15 is 0 Å². The van der Waals surface area contributed by atoms with Crippen LogP contribution in [0.5, 0.6) is 11.5 Å². The molecule has 1 saturated carbocycles. The van der Waals surface area contributed by atoms with E-state index in [0.29, 0.717) is 12.0 Å². The molecular weight excluding hydrogens is 290 g/mol. The standard InChI is InChI=1S/C19H29NO3/c1-22-18-8-7-14(13-19(18)23-2)9-11-20-12-10-17(21)15-5-3-4-6-16(15)20/h7-8,13,15-17,21H,3-6,9-12H2,1-2H3. The van der Waals surface area contributed by atoms with E-state index in [0.717, 1.165) is 37.4 Å². The minimum Gasteiger partial charge on any atom is -0.493 e. The first-order valence-electron chi connectivity index (χ1n) is 8.86. The van der Waals surface area contributed by atoms with Crippen molar-refractivity contribution in [1.29, 1.82) is 0 Å². The highest BCUT2D eigenvalue weighted by Crippen LogP contribution is 2.35. The lowest BCUT2D eigenvalue weighted by molar-refractivity contribution is -0.0352. The smallest absolute Gasteiger partial charge is 0.160 e. The predicted octanol–water partition coefficient (Wildman–Crippen LogP) is 2.87. The van der Waals surface area contributed by atoms with Gasteiger partial charge in [-0.15, -0.1) is 0 Å². The Hall–Kier alpha value is -1.26. The van der Waals surface area contributed by atoms with Gasteiger partial charge in [-0.2, -0.15) is 0 Å². The fourth-order valence-electron chi connectivity index (χ4n) is 4.31. The molecule has 1 aromatic carbocycles. The molecule has 3 unspecified atom stereocenters. The van der Waals surface area contributed by atoms with Gasteiger partial charge < -0.3 is 14.6 Å². The topological polar surface area (TPSA) is 41.9 Å². The van der Waals surface area contributed by atoms with E-state index in [1.807, 2.05) is 6.07 Å². The number of rotatable bonds is 5. The number of aliphatic hydroxyl groups excluding tert-OH is 1. The summed E-state index contributed by atoms with van der Waals surface area (Å²) in [5.74, 6) is 2.07. The summed E-state index contributed by atoms with van der Waals surface area (Å²) in [6, 6.07) is 6.76. The molecule has 0 amide bonds. The normalized spacial score (nSPS) is 28.2. The van der Waals surface area contributed by atoms with Gasteiger partial charge >= 0.3 is 0 Å². The van der Waals surface area contributed by atoms with Crippen LogP contribution in [0.25, 0.3) is 0 Å². The largest absolute Gasteiger partial charge is 0.493 e. The first-order valence-corrected chi connectivity index (χ1v) is 8.86. The molecule has 3 rings (SSSR count). The molecule has 1 aromatic rings. The van der Waals surface area contributed by atoms with Gasteiger partial charge in [-0.05, 0) is 43.4 Å². The van der Waals surface area contributed by atoms with Gasteiger partial charge in [-0.1, -0.05) is 18.9 Å². The molecule has 1 N–H and O–H groups in total. The van der Waals surface area contributed by atoms with Crippen molar-refractivity contribution in [2.45, 2.75) is 50.7 Å². The van der Waals surface area contributed by atoms with Gasteiger partial charge in [0.05, 0.1) is 20.3 Å². The first kappa shape index (κ1) is 16.6. The second kappa shape index (κ2) is 7.54. The van der Waals surface area contributed by atoms with E-state index in [9.17, 15) is 5.11 Å². The number of nitrogens with zero attached hydrogens (tertiary/aromatic N) is 1. The van der Waals surface area contributed by atoms with Crippen LogP contribution in [-0.4, -0.2) is 49.5 Å². The molecule has 0 aromatic heterocycles. The lowest BCUT2D eigenvalue weighted by Gasteiger charge is -2.46. The zero-order valence-electron chi connectivity index (χ0n) is 14.3. The summed E-state index contributed by atoms with van der Waals surface area (Å²) in [7, 11) is 3.35. The highest BCUT2D eigenvalue weighted by atomic mass is 16.5. The summed E-state index contributed by atoms with van der Waals surface area (Å²) in [6.45, 7) is 2.08. The number of piperidine rings is 1. The molecule has 0 radical (unpaired) electrons. The maximum absolute atomic E-state index is 10.3. The Labute approximate surface area is 139 Å². The molecule has 1 heterocycles. The molecule has 3 atom stereocenters. The molecule has 1 aliphatic heterocycles. The van der Waals surface area contributed by atoms with Crippen molar-refractivity contribution < 1.29 is 14.6 Å². The van der Waals surface area contributed by atoms with E-state index in [-0.39, 0.29) is 6.10 Å². The molecule has 1 saturated heterocycles. The van der Waals surface area contributed by atoms with Crippen molar-refractivity contribution in [3.63, 3.8) is 0 Å². The monoisotopic (exact) mass is 319 g/mol. The van der Waals surface area contributed by atoms with Gasteiger partial charge in [0.15, 0.2) is 11.5 Å². The molecule has 2 fully saturated rings. The summed E-state index contributed by atoms with van der Waals surface area (Å²) >= 11 is 0. The average molecular weight is 319 g/mol. The zero-order valence-corrected chi connectivity index (χ0v) is 14.3. The van der Waals surface area contributed by atoms with Crippen molar-refractivity contribution in [3.8, 4) is 11.5 Å². The molecular formula is C19H29NO3. The van der Waals surface area contributed by atoms with Crippen LogP contribution in [0.15, 0.2) is 18.2 Å². The lowest BCUT2D eigenvalue weighted by Crippen LogP contribution is -2.52. The Kier molecular flexibility index (Phi) is 5.44. The molecule has 4 nitrogen and oxygen atoms in total. The van der Waals surface area contributed by atoms with Crippen molar-refractivity contribution in [1.82, 2.24) is 4.90 Å². The maximum Gasteiger partial charge on any atom is 0.160 e. The summed E-state index contributed by atoms with van der Waals surface area (Å²) in [5, 5.41) is 10.3. The number of methoxy groups -OCH3 is 2. The average Bonchev–Trinajstić information content (AvgIpc) is 2.61. The van der Waals surface area contributed by atoms with Crippen LogP contribution in [-0.2, 0) is 6.42 Å². The summed E-state index contributed by atoms with van der Waals surface area (Å²) in [6.07, 6.45) is 6.87. The van der Waals surface area contributed by atoms with Gasteiger partial charge in [0.2, 0.25) is 0 Å². The fraction of sp³-hybridized carbons (Fsp3) is 0.684. The Bertz CT molecular complexity index is 519. The zero-order chi connectivity index (χ0) is 16.2. The highest BCUT2D eigenvalue weighted by Gasteiger charge is 2.38. The van der Waals surface area contributed by atoms with Crippen molar-refractivity contribution in [3.05, 3.63) is 23.8 Å². The number of aliphatic hydroxyl groups is 1. The number of ether oxygens (including phenoxy) is 2. The van der Waals surface area contributed by atoms with Crippen molar-refractivity contribution >= 4 is 0 Å². The second-order valence-electron chi connectivity index (χ2n) is 6.85. The minimum atomic E-state index is -0.0855. The number of fused-ring (bicyclic) bond motifs is 1. The highest BCUT2D eigenvalue weighted by molar-refractivity contribution is 5.42. The fourth-order valence-corrected chi connectivity index (χ4v) is 4.31. The summed E-state index contributed by atoms with van der Waals surface area (Å²) in [4.78, 5) is 2.60. The Morgan fingerprint density at radius 2 is 1.87 bits per heavy atom. The van der Waals surface area contributed by atoms with Crippen LogP contribution in [0.3, 0.4) is 0 Å². The Morgan fingerprint density at radius 3 is 2.65 bits per heavy atom. The maximum atomic E-state index is 10.3. The van der Waals surface area contributed by atoms with E-state index in [1.54, 1.807) is 14.2 Å². The van der Waals surface area contributed by atoms with E-state index in [1.165, 1.54) is 31.2 Å². The quantitative estimate of drug-likeness (QED) is 0.906. The molecule has 1 aliphatic carbocycles. The molecule has 0 spiro atoms. The van der Waals surface area contributed by atoms with Crippen LogP contribution >= 0.6 is 0 Å². The molecule has 128 valence electrons. The Balaban J connectivity index is 1.63. The third kappa shape index (κ3) is 3.64. The number of hydrogen-bond donors (Lipinski definition) is 1. The third-order valence-electron chi connectivity index (χ3n) is 5.59. The van der Waals surface area contributed by atoms with Crippen LogP contribution in [0.2, 0.25) is 0 Å². The molecule has 0 bridgehead atoms.